The number of benzene rings is 2. The Bertz CT molecular complexity index is 991. The molecule has 1 aliphatic carbocycles. The summed E-state index contributed by atoms with van der Waals surface area (Å²) in [6, 6.07) is 10.5. The highest BCUT2D eigenvalue weighted by atomic mass is 35.5. The van der Waals surface area contributed by atoms with E-state index >= 15 is 0 Å². The molecule has 1 amide bonds. The summed E-state index contributed by atoms with van der Waals surface area (Å²) in [6.07, 6.45) is 4.79. The molecule has 1 fully saturated rings. The van der Waals surface area contributed by atoms with Crippen LogP contribution in [0.4, 0.5) is 5.69 Å². The average molecular weight is 471 g/mol. The second-order valence-electron chi connectivity index (χ2n) is 7.30. The fourth-order valence-electron chi connectivity index (χ4n) is 3.30. The van der Waals surface area contributed by atoms with Gasteiger partial charge in [-0.15, -0.1) is 0 Å². The molecule has 0 aliphatic heterocycles. The number of amides is 1. The Kier molecular flexibility index (Phi) is 7.50. The lowest BCUT2D eigenvalue weighted by Crippen LogP contribution is -2.43. The lowest BCUT2D eigenvalue weighted by molar-refractivity contribution is -0.128. The van der Waals surface area contributed by atoms with E-state index in [1.54, 1.807) is 13.0 Å². The van der Waals surface area contributed by atoms with Crippen molar-refractivity contribution in [1.82, 2.24) is 5.32 Å². The van der Waals surface area contributed by atoms with Crippen molar-refractivity contribution in [1.29, 1.82) is 0 Å². The SMILES string of the molecule is C[C@H](Oc1ccc(S(=O)(=O)Nc2ccc(Cl)cc2Cl)cc1)C(=O)NC1CCCCC1. The van der Waals surface area contributed by atoms with Gasteiger partial charge in [-0.3, -0.25) is 9.52 Å². The first kappa shape index (κ1) is 22.7. The number of halogens is 2. The number of carbonyl (C=O) groups excluding carboxylic acids is 1. The third-order valence-electron chi connectivity index (χ3n) is 4.94. The normalized spacial score (nSPS) is 16.0. The smallest absolute Gasteiger partial charge is 0.261 e. The zero-order valence-corrected chi connectivity index (χ0v) is 18.9. The number of nitrogens with one attached hydrogen (secondary N) is 2. The molecule has 9 heteroatoms. The molecule has 0 bridgehead atoms. The lowest BCUT2D eigenvalue weighted by Gasteiger charge is -2.24. The third kappa shape index (κ3) is 6.03. The van der Waals surface area contributed by atoms with Gasteiger partial charge >= 0.3 is 0 Å². The van der Waals surface area contributed by atoms with Crippen LogP contribution in [0.2, 0.25) is 10.0 Å². The van der Waals surface area contributed by atoms with Crippen LogP contribution in [0.15, 0.2) is 47.4 Å². The van der Waals surface area contributed by atoms with Crippen molar-refractivity contribution in [3.05, 3.63) is 52.5 Å². The van der Waals surface area contributed by atoms with E-state index in [0.717, 1.165) is 25.7 Å². The maximum Gasteiger partial charge on any atom is 0.261 e. The Morgan fingerprint density at radius 2 is 1.73 bits per heavy atom. The minimum absolute atomic E-state index is 0.0418. The molecule has 1 aliphatic rings. The molecule has 1 atom stereocenters. The van der Waals surface area contributed by atoms with E-state index in [9.17, 15) is 13.2 Å². The first-order valence-corrected chi connectivity index (χ1v) is 12.0. The molecule has 0 saturated heterocycles. The van der Waals surface area contributed by atoms with E-state index in [0.29, 0.717) is 10.8 Å². The molecule has 0 radical (unpaired) electrons. The van der Waals surface area contributed by atoms with E-state index in [4.69, 9.17) is 27.9 Å². The fraction of sp³-hybridized carbons (Fsp3) is 0.381. The summed E-state index contributed by atoms with van der Waals surface area (Å²) < 4.78 is 33.3. The highest BCUT2D eigenvalue weighted by Crippen LogP contribution is 2.28. The summed E-state index contributed by atoms with van der Waals surface area (Å²) in [6.45, 7) is 1.67. The fourth-order valence-corrected chi connectivity index (χ4v) is 4.89. The van der Waals surface area contributed by atoms with Gasteiger partial charge in [-0.05, 0) is 62.2 Å². The van der Waals surface area contributed by atoms with E-state index in [-0.39, 0.29) is 27.6 Å². The van der Waals surface area contributed by atoms with Crippen molar-refractivity contribution in [2.75, 3.05) is 4.72 Å². The Morgan fingerprint density at radius 1 is 1.07 bits per heavy atom. The second kappa shape index (κ2) is 9.90. The van der Waals surface area contributed by atoms with Crippen molar-refractivity contribution in [3.63, 3.8) is 0 Å². The monoisotopic (exact) mass is 470 g/mol. The van der Waals surface area contributed by atoms with Crippen LogP contribution in [0.25, 0.3) is 0 Å². The van der Waals surface area contributed by atoms with Crippen LogP contribution in [0.1, 0.15) is 39.0 Å². The summed E-state index contributed by atoms with van der Waals surface area (Å²) in [5, 5.41) is 3.63. The molecular weight excluding hydrogens is 447 g/mol. The van der Waals surface area contributed by atoms with Gasteiger partial charge in [0, 0.05) is 11.1 Å². The highest BCUT2D eigenvalue weighted by Gasteiger charge is 2.21. The van der Waals surface area contributed by atoms with Crippen LogP contribution in [-0.2, 0) is 14.8 Å². The Hall–Kier alpha value is -1.96. The average Bonchev–Trinajstić information content (AvgIpc) is 2.71. The van der Waals surface area contributed by atoms with Gasteiger partial charge < -0.3 is 10.1 Å². The van der Waals surface area contributed by atoms with Crippen molar-refractivity contribution in [2.24, 2.45) is 0 Å². The van der Waals surface area contributed by atoms with E-state index in [2.05, 4.69) is 10.0 Å². The first-order valence-electron chi connectivity index (χ1n) is 9.79. The number of carbonyl (C=O) groups is 1. The molecule has 0 spiro atoms. The molecule has 3 rings (SSSR count). The summed E-state index contributed by atoms with van der Waals surface area (Å²) >= 11 is 11.9. The molecule has 0 heterocycles. The second-order valence-corrected chi connectivity index (χ2v) is 9.83. The van der Waals surface area contributed by atoms with Gasteiger partial charge in [0.25, 0.3) is 15.9 Å². The van der Waals surface area contributed by atoms with E-state index in [1.807, 2.05) is 0 Å². The Morgan fingerprint density at radius 3 is 2.37 bits per heavy atom. The number of rotatable bonds is 7. The maximum atomic E-state index is 12.6. The summed E-state index contributed by atoms with van der Waals surface area (Å²) in [4.78, 5) is 12.4. The van der Waals surface area contributed by atoms with Crippen LogP contribution in [0.3, 0.4) is 0 Å². The number of hydrogen-bond donors (Lipinski definition) is 2. The van der Waals surface area contributed by atoms with Crippen LogP contribution in [0, 0.1) is 0 Å². The van der Waals surface area contributed by atoms with Crippen molar-refractivity contribution in [3.8, 4) is 5.75 Å². The van der Waals surface area contributed by atoms with E-state index in [1.165, 1.54) is 42.8 Å². The minimum Gasteiger partial charge on any atom is -0.481 e. The predicted molar refractivity (Wildman–Crippen MR) is 119 cm³/mol. The third-order valence-corrected chi connectivity index (χ3v) is 6.87. The van der Waals surface area contributed by atoms with Gasteiger partial charge in [-0.25, -0.2) is 8.42 Å². The number of ether oxygens (including phenoxy) is 1. The number of sulfonamides is 1. The summed E-state index contributed by atoms with van der Waals surface area (Å²) in [7, 11) is -3.84. The van der Waals surface area contributed by atoms with E-state index < -0.39 is 16.1 Å². The number of hydrogen-bond acceptors (Lipinski definition) is 4. The van der Waals surface area contributed by atoms with Crippen molar-refractivity contribution < 1.29 is 17.9 Å². The van der Waals surface area contributed by atoms with Crippen LogP contribution >= 0.6 is 23.2 Å². The van der Waals surface area contributed by atoms with Gasteiger partial charge in [0.2, 0.25) is 0 Å². The van der Waals surface area contributed by atoms with Gasteiger partial charge in [0.05, 0.1) is 15.6 Å². The Balaban J connectivity index is 1.61. The molecular formula is C21H24Cl2N2O4S. The van der Waals surface area contributed by atoms with Crippen LogP contribution in [-0.4, -0.2) is 26.5 Å². The zero-order chi connectivity index (χ0) is 21.7. The zero-order valence-electron chi connectivity index (χ0n) is 16.5. The van der Waals surface area contributed by atoms with Gasteiger partial charge in [-0.2, -0.15) is 0 Å². The molecule has 2 N–H and O–H groups in total. The highest BCUT2D eigenvalue weighted by molar-refractivity contribution is 7.92. The van der Waals surface area contributed by atoms with Crippen LogP contribution < -0.4 is 14.8 Å². The van der Waals surface area contributed by atoms with Gasteiger partial charge in [-0.1, -0.05) is 42.5 Å². The minimum atomic E-state index is -3.84. The summed E-state index contributed by atoms with van der Waals surface area (Å²) in [5.74, 6) is 0.238. The van der Waals surface area contributed by atoms with Crippen LogP contribution in [0.5, 0.6) is 5.75 Å². The van der Waals surface area contributed by atoms with Gasteiger partial charge in [0.15, 0.2) is 6.10 Å². The molecule has 0 aromatic heterocycles. The molecule has 2 aromatic rings. The van der Waals surface area contributed by atoms with Crippen molar-refractivity contribution >= 4 is 44.8 Å². The molecule has 2 aromatic carbocycles. The topological polar surface area (TPSA) is 84.5 Å². The molecule has 30 heavy (non-hydrogen) atoms. The number of anilines is 1. The van der Waals surface area contributed by atoms with Gasteiger partial charge in [0.1, 0.15) is 5.75 Å². The maximum absolute atomic E-state index is 12.6. The van der Waals surface area contributed by atoms with Crippen molar-refractivity contribution in [2.45, 2.75) is 56.1 Å². The quantitative estimate of drug-likeness (QED) is 0.595. The molecule has 1 saturated carbocycles. The summed E-state index contributed by atoms with van der Waals surface area (Å²) in [5.41, 5.74) is 0.231. The Labute approximate surface area is 187 Å². The lowest BCUT2D eigenvalue weighted by atomic mass is 9.95. The molecule has 6 nitrogen and oxygen atoms in total. The first-order chi connectivity index (χ1) is 14.2. The standard InChI is InChI=1S/C21H24Cl2N2O4S/c1-14(21(26)24-16-5-3-2-4-6-16)29-17-8-10-18(11-9-17)30(27,28)25-20-12-7-15(22)13-19(20)23/h7-14,16,25H,2-6H2,1H3,(H,24,26)/t14-/m0/s1. The largest absolute Gasteiger partial charge is 0.481 e. The molecule has 162 valence electrons. The molecule has 0 unspecified atom stereocenters. The predicted octanol–water partition coefficient (Wildman–Crippen LogP) is 5.01.